The lowest BCUT2D eigenvalue weighted by atomic mass is 9.59. The predicted octanol–water partition coefficient (Wildman–Crippen LogP) is 2.55. The summed E-state index contributed by atoms with van der Waals surface area (Å²) >= 11 is 0. The van der Waals surface area contributed by atoms with Crippen molar-refractivity contribution in [3.05, 3.63) is 29.3 Å². The molecular formula is C15H21NO. The van der Waals surface area contributed by atoms with Crippen molar-refractivity contribution >= 4 is 0 Å². The highest BCUT2D eigenvalue weighted by Crippen LogP contribution is 2.48. The molecule has 1 saturated heterocycles. The molecular weight excluding hydrogens is 210 g/mol. The molecule has 1 aliphatic carbocycles. The predicted molar refractivity (Wildman–Crippen MR) is 69.4 cm³/mol. The quantitative estimate of drug-likeness (QED) is 0.741. The summed E-state index contributed by atoms with van der Waals surface area (Å²) in [5.41, 5.74) is 3.05. The highest BCUT2D eigenvalue weighted by Gasteiger charge is 2.47. The van der Waals surface area contributed by atoms with Gasteiger partial charge in [-0.05, 0) is 61.0 Å². The zero-order valence-electron chi connectivity index (χ0n) is 10.9. The Bertz CT molecular complexity index is 456. The molecule has 2 aliphatic rings. The molecule has 0 aromatic heterocycles. The van der Waals surface area contributed by atoms with Crippen LogP contribution in [0.4, 0.5) is 0 Å². The Balaban J connectivity index is 2.16. The topological polar surface area (TPSA) is 23.5 Å². The molecule has 17 heavy (non-hydrogen) atoms. The highest BCUT2D eigenvalue weighted by molar-refractivity contribution is 5.44. The van der Waals surface area contributed by atoms with E-state index in [1.54, 1.807) is 0 Å². The molecule has 92 valence electrons. The molecule has 1 aromatic carbocycles. The number of fused-ring (bicyclic) bond motifs is 4. The number of aromatic hydroxyl groups is 1. The van der Waals surface area contributed by atoms with Gasteiger partial charge in [-0.2, -0.15) is 0 Å². The molecule has 0 unspecified atom stereocenters. The minimum Gasteiger partial charge on any atom is -0.508 e. The monoisotopic (exact) mass is 231 g/mol. The van der Waals surface area contributed by atoms with Gasteiger partial charge in [0.15, 0.2) is 0 Å². The first-order valence-electron chi connectivity index (χ1n) is 6.55. The molecule has 2 heteroatoms. The van der Waals surface area contributed by atoms with Crippen LogP contribution in [0.3, 0.4) is 0 Å². The Morgan fingerprint density at radius 3 is 2.94 bits per heavy atom. The number of rotatable bonds is 0. The molecule has 1 aliphatic heterocycles. The third kappa shape index (κ3) is 1.43. The third-order valence-corrected chi connectivity index (χ3v) is 5.27. The smallest absolute Gasteiger partial charge is 0.115 e. The summed E-state index contributed by atoms with van der Waals surface area (Å²) in [6.07, 6.45) is 2.32. The number of hydrogen-bond donors (Lipinski definition) is 1. The number of piperidine rings is 1. The second-order valence-electron chi connectivity index (χ2n) is 6.05. The molecule has 0 radical (unpaired) electrons. The van der Waals surface area contributed by atoms with E-state index < -0.39 is 0 Å². The summed E-state index contributed by atoms with van der Waals surface area (Å²) in [6, 6.07) is 6.59. The van der Waals surface area contributed by atoms with Crippen LogP contribution < -0.4 is 0 Å². The Labute approximate surface area is 103 Å². The average molecular weight is 231 g/mol. The Morgan fingerprint density at radius 2 is 2.18 bits per heavy atom. The molecule has 0 spiro atoms. The van der Waals surface area contributed by atoms with Gasteiger partial charge in [0.25, 0.3) is 0 Å². The zero-order valence-corrected chi connectivity index (χ0v) is 10.9. The lowest BCUT2D eigenvalue weighted by molar-refractivity contribution is 0.0506. The van der Waals surface area contributed by atoms with Crippen LogP contribution in [0.2, 0.25) is 0 Å². The van der Waals surface area contributed by atoms with E-state index in [4.69, 9.17) is 0 Å². The van der Waals surface area contributed by atoms with Crippen LogP contribution in [0.15, 0.2) is 18.2 Å². The van der Waals surface area contributed by atoms with E-state index in [-0.39, 0.29) is 5.41 Å². The van der Waals surface area contributed by atoms with E-state index in [9.17, 15) is 5.11 Å². The molecule has 2 bridgehead atoms. The number of phenolic OH excluding ortho intramolecular Hbond substituents is 1. The summed E-state index contributed by atoms with van der Waals surface area (Å²) in [4.78, 5) is 2.50. The van der Waals surface area contributed by atoms with Crippen LogP contribution in [0, 0.1) is 5.92 Å². The number of likely N-dealkylation sites (N-methyl/N-ethyl adjacent to an activating group) is 1. The first kappa shape index (κ1) is 11.1. The maximum absolute atomic E-state index is 9.73. The van der Waals surface area contributed by atoms with E-state index in [2.05, 4.69) is 31.9 Å². The fourth-order valence-corrected chi connectivity index (χ4v) is 3.82. The third-order valence-electron chi connectivity index (χ3n) is 5.27. The SMILES string of the molecule is C[C@H]1[C@H]2Cc3ccc(O)cc3[C@]1(C)CCN2C. The van der Waals surface area contributed by atoms with Crippen LogP contribution in [0.1, 0.15) is 31.4 Å². The van der Waals surface area contributed by atoms with Crippen molar-refractivity contribution < 1.29 is 5.11 Å². The largest absolute Gasteiger partial charge is 0.508 e. The van der Waals surface area contributed by atoms with Crippen LogP contribution in [-0.4, -0.2) is 29.6 Å². The maximum Gasteiger partial charge on any atom is 0.115 e. The van der Waals surface area contributed by atoms with Crippen molar-refractivity contribution in [1.82, 2.24) is 4.90 Å². The molecule has 1 heterocycles. The average Bonchev–Trinajstić information content (AvgIpc) is 2.30. The molecule has 0 saturated carbocycles. The van der Waals surface area contributed by atoms with Gasteiger partial charge in [-0.1, -0.05) is 19.9 Å². The Morgan fingerprint density at radius 1 is 1.41 bits per heavy atom. The first-order chi connectivity index (χ1) is 8.02. The second-order valence-corrected chi connectivity index (χ2v) is 6.05. The van der Waals surface area contributed by atoms with Gasteiger partial charge in [0.1, 0.15) is 5.75 Å². The van der Waals surface area contributed by atoms with Gasteiger partial charge >= 0.3 is 0 Å². The molecule has 2 nitrogen and oxygen atoms in total. The summed E-state index contributed by atoms with van der Waals surface area (Å²) in [5.74, 6) is 1.07. The van der Waals surface area contributed by atoms with Crippen molar-refractivity contribution in [2.24, 2.45) is 5.92 Å². The molecule has 1 N–H and O–H groups in total. The zero-order chi connectivity index (χ0) is 12.2. The molecule has 1 aromatic rings. The van der Waals surface area contributed by atoms with Crippen molar-refractivity contribution in [1.29, 1.82) is 0 Å². The lowest BCUT2D eigenvalue weighted by Crippen LogP contribution is -2.56. The van der Waals surface area contributed by atoms with Crippen molar-refractivity contribution in [3.8, 4) is 5.75 Å². The summed E-state index contributed by atoms with van der Waals surface area (Å²) < 4.78 is 0. The minimum atomic E-state index is 0.240. The normalized spacial score (nSPS) is 36.6. The molecule has 1 fully saturated rings. The lowest BCUT2D eigenvalue weighted by Gasteiger charge is -2.53. The van der Waals surface area contributed by atoms with Crippen molar-refractivity contribution in [3.63, 3.8) is 0 Å². The molecule has 0 amide bonds. The number of phenols is 1. The van der Waals surface area contributed by atoms with E-state index in [0.29, 0.717) is 17.7 Å². The van der Waals surface area contributed by atoms with Crippen molar-refractivity contribution in [2.45, 2.75) is 38.1 Å². The summed E-state index contributed by atoms with van der Waals surface area (Å²) in [6.45, 7) is 5.91. The van der Waals surface area contributed by atoms with Gasteiger partial charge in [-0.15, -0.1) is 0 Å². The standard InChI is InChI=1S/C15H21NO/c1-10-14-8-11-4-5-12(17)9-13(11)15(10,2)6-7-16(14)3/h4-5,9-10,14,17H,6-8H2,1-3H3/t10-,14+,15+/m0/s1. The van der Waals surface area contributed by atoms with E-state index in [1.165, 1.54) is 24.1 Å². The van der Waals surface area contributed by atoms with Crippen LogP contribution in [0.5, 0.6) is 5.75 Å². The number of hydrogen-bond acceptors (Lipinski definition) is 2. The second kappa shape index (κ2) is 3.49. The van der Waals surface area contributed by atoms with Crippen LogP contribution in [-0.2, 0) is 11.8 Å². The first-order valence-corrected chi connectivity index (χ1v) is 6.55. The highest BCUT2D eigenvalue weighted by atomic mass is 16.3. The van der Waals surface area contributed by atoms with Gasteiger partial charge in [-0.3, -0.25) is 0 Å². The van der Waals surface area contributed by atoms with E-state index in [0.717, 1.165) is 6.42 Å². The number of nitrogens with zero attached hydrogens (tertiary/aromatic N) is 1. The fraction of sp³-hybridized carbons (Fsp3) is 0.600. The summed E-state index contributed by atoms with van der Waals surface area (Å²) in [7, 11) is 2.24. The van der Waals surface area contributed by atoms with Crippen molar-refractivity contribution in [2.75, 3.05) is 13.6 Å². The van der Waals surface area contributed by atoms with Gasteiger partial charge in [0.05, 0.1) is 0 Å². The van der Waals surface area contributed by atoms with Gasteiger partial charge < -0.3 is 10.0 Å². The Hall–Kier alpha value is -1.02. The number of benzene rings is 1. The van der Waals surface area contributed by atoms with E-state index >= 15 is 0 Å². The van der Waals surface area contributed by atoms with Crippen LogP contribution >= 0.6 is 0 Å². The van der Waals surface area contributed by atoms with Gasteiger partial charge in [0.2, 0.25) is 0 Å². The minimum absolute atomic E-state index is 0.240. The number of likely N-dealkylation sites (tertiary alicyclic amines) is 1. The Kier molecular flexibility index (Phi) is 2.27. The van der Waals surface area contributed by atoms with Gasteiger partial charge in [0, 0.05) is 6.04 Å². The maximum atomic E-state index is 9.73. The fourth-order valence-electron chi connectivity index (χ4n) is 3.82. The summed E-state index contributed by atoms with van der Waals surface area (Å²) in [5, 5.41) is 9.73. The van der Waals surface area contributed by atoms with E-state index in [1.807, 2.05) is 12.1 Å². The molecule has 3 rings (SSSR count). The van der Waals surface area contributed by atoms with Crippen LogP contribution in [0.25, 0.3) is 0 Å². The molecule has 3 atom stereocenters. The van der Waals surface area contributed by atoms with Gasteiger partial charge in [-0.25, -0.2) is 0 Å².